The number of ether oxygens (including phenoxy) is 2. The van der Waals surface area contributed by atoms with Gasteiger partial charge in [-0.05, 0) is 38.0 Å². The van der Waals surface area contributed by atoms with Crippen molar-refractivity contribution in [3.63, 3.8) is 0 Å². The molecule has 1 aliphatic rings. The van der Waals surface area contributed by atoms with Crippen LogP contribution < -0.4 is 4.74 Å². The maximum atomic E-state index is 12.8. The Labute approximate surface area is 131 Å². The van der Waals surface area contributed by atoms with Crippen molar-refractivity contribution in [3.05, 3.63) is 29.8 Å². The highest BCUT2D eigenvalue weighted by atomic mass is 16.5. The van der Waals surface area contributed by atoms with Gasteiger partial charge in [-0.25, -0.2) is 0 Å². The minimum absolute atomic E-state index is 0.0236. The smallest absolute Gasteiger partial charge is 0.255 e. The van der Waals surface area contributed by atoms with Crippen molar-refractivity contribution in [2.75, 3.05) is 20.3 Å². The molecule has 0 spiro atoms. The summed E-state index contributed by atoms with van der Waals surface area (Å²) in [6, 6.07) is 7.83. The molecular weight excluding hydrogens is 282 g/mol. The van der Waals surface area contributed by atoms with E-state index in [2.05, 4.69) is 0 Å². The lowest BCUT2D eigenvalue weighted by atomic mass is 9.94. The van der Waals surface area contributed by atoms with Gasteiger partial charge in [0.15, 0.2) is 0 Å². The van der Waals surface area contributed by atoms with Gasteiger partial charge in [-0.3, -0.25) is 4.79 Å². The summed E-state index contributed by atoms with van der Waals surface area (Å²) < 4.78 is 11.0. The normalized spacial score (nSPS) is 25.4. The number of hydrogen-bond donors (Lipinski definition) is 0. The standard InChI is InChI=1S/C17H25NO4/c1-13-12-22-17(2,9-4-10-19)16(20)18(13)11-14-5-7-15(21-3)8-6-14/h5-8,13,19H,4,9-12H2,1-3H3/p+1/t13-,17-/m1/s1. The summed E-state index contributed by atoms with van der Waals surface area (Å²) in [5, 5.41) is 7.29. The second-order valence-electron chi connectivity index (χ2n) is 6.03. The van der Waals surface area contributed by atoms with Crippen molar-refractivity contribution in [2.45, 2.75) is 44.9 Å². The van der Waals surface area contributed by atoms with Crippen LogP contribution in [0.5, 0.6) is 5.75 Å². The fourth-order valence-corrected chi connectivity index (χ4v) is 2.72. The fraction of sp³-hybridized carbons (Fsp3) is 0.588. The van der Waals surface area contributed by atoms with Crippen LogP contribution in [0, 0.1) is 0 Å². The summed E-state index contributed by atoms with van der Waals surface area (Å²) in [7, 11) is 1.64. The van der Waals surface area contributed by atoms with Crippen molar-refractivity contribution < 1.29 is 19.4 Å². The van der Waals surface area contributed by atoms with E-state index >= 15 is 0 Å². The van der Waals surface area contributed by atoms with E-state index < -0.39 is 5.60 Å². The minimum atomic E-state index is -0.792. The highest BCUT2D eigenvalue weighted by Crippen LogP contribution is 2.28. The van der Waals surface area contributed by atoms with Crippen LogP contribution >= 0.6 is 0 Å². The van der Waals surface area contributed by atoms with Gasteiger partial charge in [-0.1, -0.05) is 12.1 Å². The van der Waals surface area contributed by atoms with Gasteiger partial charge >= 0.3 is 0 Å². The van der Waals surface area contributed by atoms with E-state index in [0.29, 0.717) is 32.6 Å². The summed E-state index contributed by atoms with van der Waals surface area (Å²) in [6.45, 7) is 5.28. The summed E-state index contributed by atoms with van der Waals surface area (Å²) in [5.74, 6) is 0.834. The monoisotopic (exact) mass is 308 g/mol. The molecule has 1 saturated heterocycles. The zero-order valence-corrected chi connectivity index (χ0v) is 13.6. The Morgan fingerprint density at radius 3 is 2.68 bits per heavy atom. The molecule has 5 heteroatoms. The molecule has 0 aliphatic carbocycles. The van der Waals surface area contributed by atoms with Gasteiger partial charge in [0.05, 0.1) is 19.8 Å². The summed E-state index contributed by atoms with van der Waals surface area (Å²) >= 11 is 0. The van der Waals surface area contributed by atoms with Crippen molar-refractivity contribution in [2.24, 2.45) is 0 Å². The van der Waals surface area contributed by atoms with Crippen LogP contribution in [-0.4, -0.2) is 47.9 Å². The second kappa shape index (κ2) is 7.11. The lowest BCUT2D eigenvalue weighted by Crippen LogP contribution is -2.58. The molecule has 0 bridgehead atoms. The molecule has 1 amide bonds. The van der Waals surface area contributed by atoms with E-state index in [0.717, 1.165) is 11.3 Å². The summed E-state index contributed by atoms with van der Waals surface area (Å²) in [5.41, 5.74) is 0.283. The van der Waals surface area contributed by atoms with Crippen molar-refractivity contribution in [1.29, 1.82) is 0 Å². The SMILES string of the molecule is COc1ccc(CN2C(=O)[C@@](C)(CCC[OH2+])OC[C@H]2C)cc1. The number of benzene rings is 1. The molecule has 1 aromatic rings. The van der Waals surface area contributed by atoms with Gasteiger partial charge in [-0.2, -0.15) is 0 Å². The first kappa shape index (κ1) is 16.8. The predicted molar refractivity (Wildman–Crippen MR) is 85.1 cm³/mol. The first-order valence-corrected chi connectivity index (χ1v) is 7.72. The van der Waals surface area contributed by atoms with Gasteiger partial charge in [-0.15, -0.1) is 0 Å². The molecule has 1 heterocycles. The molecule has 2 atom stereocenters. The fourth-order valence-electron chi connectivity index (χ4n) is 2.72. The van der Waals surface area contributed by atoms with Crippen LogP contribution in [0.15, 0.2) is 24.3 Å². The number of carbonyl (C=O) groups is 1. The van der Waals surface area contributed by atoms with Gasteiger partial charge in [0, 0.05) is 13.0 Å². The molecule has 0 saturated carbocycles. The number of rotatable bonds is 6. The number of amides is 1. The first-order valence-electron chi connectivity index (χ1n) is 7.72. The number of nitrogens with zero attached hydrogens (tertiary/aromatic N) is 1. The van der Waals surface area contributed by atoms with Crippen molar-refractivity contribution >= 4 is 5.91 Å². The summed E-state index contributed by atoms with van der Waals surface area (Å²) in [6.07, 6.45) is 1.27. The largest absolute Gasteiger partial charge is 0.497 e. The Bertz CT molecular complexity index is 498. The molecule has 1 aliphatic heterocycles. The molecule has 0 aromatic heterocycles. The van der Waals surface area contributed by atoms with E-state index in [1.165, 1.54) is 0 Å². The number of methoxy groups -OCH3 is 1. The molecule has 122 valence electrons. The lowest BCUT2D eigenvalue weighted by molar-refractivity contribution is -0.178. The Morgan fingerprint density at radius 1 is 1.41 bits per heavy atom. The predicted octanol–water partition coefficient (Wildman–Crippen LogP) is 1.71. The zero-order chi connectivity index (χ0) is 16.2. The van der Waals surface area contributed by atoms with Crippen LogP contribution in [0.25, 0.3) is 0 Å². The third-order valence-corrected chi connectivity index (χ3v) is 4.23. The number of morpholine rings is 1. The molecular formula is C17H26NO4+. The molecule has 2 rings (SSSR count). The molecule has 0 unspecified atom stereocenters. The van der Waals surface area contributed by atoms with Gasteiger partial charge in [0.25, 0.3) is 5.91 Å². The molecule has 1 aromatic carbocycles. The van der Waals surface area contributed by atoms with Gasteiger partial charge in [0.2, 0.25) is 0 Å². The van der Waals surface area contributed by atoms with E-state index in [1.54, 1.807) is 7.11 Å². The highest BCUT2D eigenvalue weighted by molar-refractivity contribution is 5.85. The van der Waals surface area contributed by atoms with Crippen LogP contribution in [0.4, 0.5) is 0 Å². The zero-order valence-electron chi connectivity index (χ0n) is 13.6. The average Bonchev–Trinajstić information content (AvgIpc) is 2.54. The van der Waals surface area contributed by atoms with E-state index in [-0.39, 0.29) is 11.9 Å². The molecule has 22 heavy (non-hydrogen) atoms. The quantitative estimate of drug-likeness (QED) is 0.752. The summed E-state index contributed by atoms with van der Waals surface area (Å²) in [4.78, 5) is 14.7. The first-order chi connectivity index (χ1) is 10.5. The highest BCUT2D eigenvalue weighted by Gasteiger charge is 2.43. The number of hydrogen-bond acceptors (Lipinski definition) is 3. The Kier molecular flexibility index (Phi) is 5.42. The Hall–Kier alpha value is -1.59. The van der Waals surface area contributed by atoms with Crippen molar-refractivity contribution in [1.82, 2.24) is 4.90 Å². The third-order valence-electron chi connectivity index (χ3n) is 4.23. The van der Waals surface area contributed by atoms with Crippen LogP contribution in [0.3, 0.4) is 0 Å². The topological polar surface area (TPSA) is 61.7 Å². The van der Waals surface area contributed by atoms with Gasteiger partial charge in [0.1, 0.15) is 18.0 Å². The second-order valence-corrected chi connectivity index (χ2v) is 6.03. The van der Waals surface area contributed by atoms with E-state index in [9.17, 15) is 4.79 Å². The molecule has 0 radical (unpaired) electrons. The maximum absolute atomic E-state index is 12.8. The molecule has 2 N–H and O–H groups in total. The van der Waals surface area contributed by atoms with Crippen LogP contribution in [0.2, 0.25) is 0 Å². The number of carbonyl (C=O) groups excluding carboxylic acids is 1. The Morgan fingerprint density at radius 2 is 2.09 bits per heavy atom. The molecule has 5 nitrogen and oxygen atoms in total. The van der Waals surface area contributed by atoms with E-state index in [4.69, 9.17) is 14.6 Å². The minimum Gasteiger partial charge on any atom is -0.497 e. The maximum Gasteiger partial charge on any atom is 0.255 e. The molecule has 1 fully saturated rings. The van der Waals surface area contributed by atoms with Gasteiger partial charge < -0.3 is 19.5 Å². The van der Waals surface area contributed by atoms with E-state index in [1.807, 2.05) is 43.0 Å². The lowest BCUT2D eigenvalue weighted by Gasteiger charge is -2.43. The Balaban J connectivity index is 2.11. The van der Waals surface area contributed by atoms with Crippen molar-refractivity contribution in [3.8, 4) is 5.75 Å². The van der Waals surface area contributed by atoms with Crippen LogP contribution in [-0.2, 0) is 16.1 Å². The van der Waals surface area contributed by atoms with Crippen LogP contribution in [0.1, 0.15) is 32.3 Å². The average molecular weight is 308 g/mol. The third kappa shape index (κ3) is 3.59.